The number of hydrogen-bond acceptors (Lipinski definition) is 2. The number of ether oxygens (including phenoxy) is 1. The minimum atomic E-state index is -1.92. The van der Waals surface area contributed by atoms with Crippen LogP contribution in [0.2, 0.25) is 34.8 Å². The second kappa shape index (κ2) is 13.4. The molecular weight excluding hydrogens is 449 g/mol. The summed E-state index contributed by atoms with van der Waals surface area (Å²) in [5.74, 6) is 3.48. The Kier molecular flexibility index (Phi) is 12.3. The van der Waals surface area contributed by atoms with Crippen LogP contribution in [0.1, 0.15) is 88.5 Å². The van der Waals surface area contributed by atoms with Gasteiger partial charge in [0.25, 0.3) is 0 Å². The Hall–Kier alpha value is -0.866. The van der Waals surface area contributed by atoms with Gasteiger partial charge in [0, 0.05) is 0 Å². The van der Waals surface area contributed by atoms with Gasteiger partial charge in [0.2, 0.25) is 0 Å². The third-order valence-electron chi connectivity index (χ3n) is 8.08. The first-order chi connectivity index (χ1) is 15.7. The van der Waals surface area contributed by atoms with Gasteiger partial charge < -0.3 is 9.16 Å². The highest BCUT2D eigenvalue weighted by atomic mass is 28.4. The summed E-state index contributed by atoms with van der Waals surface area (Å²) in [5, 5.41) is 0.169. The molecule has 34 heavy (non-hydrogen) atoms. The first kappa shape index (κ1) is 31.2. The highest BCUT2D eigenvalue weighted by Gasteiger charge is 2.42. The molecule has 4 heteroatoms. The fraction of sp³-hybridized carbons (Fsp3) is 0.733. The van der Waals surface area contributed by atoms with E-state index in [1.165, 1.54) is 0 Å². The fourth-order valence-corrected chi connectivity index (χ4v) is 11.5. The summed E-state index contributed by atoms with van der Waals surface area (Å²) >= 11 is 0. The SMILES string of the molecule is CC[C@H]1/C=C\C=C/C[C@@H](O[Si](C)(C)C(C)(C)C)[C@H](C/C=C\C#C[Si](C(C)C)(C(C)C)C(C)C)O1. The molecule has 0 aromatic carbocycles. The van der Waals surface area contributed by atoms with Gasteiger partial charge in [-0.2, -0.15) is 0 Å². The summed E-state index contributed by atoms with van der Waals surface area (Å²) < 4.78 is 13.6. The van der Waals surface area contributed by atoms with E-state index < -0.39 is 16.4 Å². The van der Waals surface area contributed by atoms with Crippen molar-refractivity contribution in [2.75, 3.05) is 0 Å². The molecule has 0 aliphatic carbocycles. The van der Waals surface area contributed by atoms with Gasteiger partial charge in [-0.1, -0.05) is 106 Å². The van der Waals surface area contributed by atoms with Crippen molar-refractivity contribution in [2.24, 2.45) is 0 Å². The molecular formula is C30H54O2Si2. The molecule has 0 saturated heterocycles. The van der Waals surface area contributed by atoms with Crippen LogP contribution in [-0.2, 0) is 9.16 Å². The van der Waals surface area contributed by atoms with Crippen molar-refractivity contribution in [1.29, 1.82) is 0 Å². The molecule has 0 aromatic rings. The maximum absolute atomic E-state index is 6.92. The van der Waals surface area contributed by atoms with Crippen LogP contribution in [0.15, 0.2) is 36.5 Å². The molecule has 1 aliphatic rings. The smallest absolute Gasteiger partial charge is 0.192 e. The van der Waals surface area contributed by atoms with Crippen LogP contribution < -0.4 is 0 Å². The second-order valence-corrected chi connectivity index (χ2v) is 22.7. The van der Waals surface area contributed by atoms with Crippen LogP contribution in [0.3, 0.4) is 0 Å². The van der Waals surface area contributed by atoms with Crippen LogP contribution in [0, 0.1) is 11.5 Å². The average molecular weight is 503 g/mol. The highest BCUT2D eigenvalue weighted by Crippen LogP contribution is 2.41. The molecule has 0 N–H and O–H groups in total. The molecule has 194 valence electrons. The molecule has 0 unspecified atom stereocenters. The molecule has 0 saturated carbocycles. The van der Waals surface area contributed by atoms with Crippen molar-refractivity contribution in [3.63, 3.8) is 0 Å². The molecule has 0 fully saturated rings. The van der Waals surface area contributed by atoms with E-state index >= 15 is 0 Å². The van der Waals surface area contributed by atoms with Crippen molar-refractivity contribution in [3.05, 3.63) is 36.5 Å². The van der Waals surface area contributed by atoms with Gasteiger partial charge in [0.1, 0.15) is 8.07 Å². The molecule has 1 heterocycles. The number of allylic oxidation sites excluding steroid dienone is 3. The van der Waals surface area contributed by atoms with E-state index in [4.69, 9.17) is 9.16 Å². The standard InChI is InChI=1S/C30H54O2Si2/c1-13-27-20-16-14-17-22-29(32-33(11,12)30(8,9)10)28(31-27)21-18-15-19-23-34(24(2)3,25(4)5)26(6)7/h14-18,20,24-29H,13,21-22H2,1-12H3/b17-14-,18-15-,20-16-/t27-,28-,29+/m0/s1. The molecule has 0 aromatic heterocycles. The second-order valence-electron chi connectivity index (χ2n) is 12.4. The zero-order valence-corrected chi connectivity index (χ0v) is 26.4. The van der Waals surface area contributed by atoms with Crippen LogP contribution in [0.5, 0.6) is 0 Å². The summed E-state index contributed by atoms with van der Waals surface area (Å²) in [5.41, 5.74) is 5.76. The molecule has 1 rings (SSSR count). The zero-order chi connectivity index (χ0) is 26.2. The van der Waals surface area contributed by atoms with Crippen molar-refractivity contribution in [2.45, 2.75) is 142 Å². The molecule has 1 aliphatic heterocycles. The maximum atomic E-state index is 6.92. The summed E-state index contributed by atoms with van der Waals surface area (Å²) in [6, 6.07) is 0. The fourth-order valence-electron chi connectivity index (χ4n) is 4.97. The van der Waals surface area contributed by atoms with E-state index in [0.717, 1.165) is 19.3 Å². The minimum Gasteiger partial charge on any atom is -0.411 e. The van der Waals surface area contributed by atoms with Crippen molar-refractivity contribution in [3.8, 4) is 11.5 Å². The van der Waals surface area contributed by atoms with Crippen molar-refractivity contribution in [1.82, 2.24) is 0 Å². The Morgan fingerprint density at radius 2 is 1.62 bits per heavy atom. The third kappa shape index (κ3) is 8.37. The van der Waals surface area contributed by atoms with Crippen LogP contribution in [0.25, 0.3) is 0 Å². The molecule has 2 nitrogen and oxygen atoms in total. The lowest BCUT2D eigenvalue weighted by atomic mass is 10.1. The molecule has 0 bridgehead atoms. The van der Waals surface area contributed by atoms with Crippen molar-refractivity contribution < 1.29 is 9.16 Å². The lowest BCUT2D eigenvalue weighted by Gasteiger charge is -2.41. The summed E-state index contributed by atoms with van der Waals surface area (Å²) in [7, 11) is -3.62. The lowest BCUT2D eigenvalue weighted by molar-refractivity contribution is -0.0534. The van der Waals surface area contributed by atoms with E-state index in [9.17, 15) is 0 Å². The Bertz CT molecular complexity index is 735. The van der Waals surface area contributed by atoms with Gasteiger partial charge in [-0.05, 0) is 60.1 Å². The summed E-state index contributed by atoms with van der Waals surface area (Å²) in [6.45, 7) is 28.0. The van der Waals surface area contributed by atoms with E-state index in [1.807, 2.05) is 0 Å². The Labute approximate surface area is 214 Å². The molecule has 0 amide bonds. The van der Waals surface area contributed by atoms with Crippen LogP contribution in [0.4, 0.5) is 0 Å². The zero-order valence-electron chi connectivity index (χ0n) is 24.4. The Morgan fingerprint density at radius 3 is 2.12 bits per heavy atom. The van der Waals surface area contributed by atoms with E-state index in [-0.39, 0.29) is 23.4 Å². The largest absolute Gasteiger partial charge is 0.411 e. The van der Waals surface area contributed by atoms with E-state index in [0.29, 0.717) is 16.6 Å². The van der Waals surface area contributed by atoms with E-state index in [2.05, 4.69) is 130 Å². The van der Waals surface area contributed by atoms with E-state index in [1.54, 1.807) is 0 Å². The van der Waals surface area contributed by atoms with Gasteiger partial charge in [-0.3, -0.25) is 0 Å². The topological polar surface area (TPSA) is 18.5 Å². The molecule has 0 spiro atoms. The molecule has 0 radical (unpaired) electrons. The lowest BCUT2D eigenvalue weighted by Crippen LogP contribution is -2.48. The molecule has 3 atom stereocenters. The summed E-state index contributed by atoms with van der Waals surface area (Å²) in [4.78, 5) is 0. The van der Waals surface area contributed by atoms with Gasteiger partial charge in [-0.15, -0.1) is 5.54 Å². The quantitative estimate of drug-likeness (QED) is 0.243. The number of hydrogen-bond donors (Lipinski definition) is 0. The average Bonchev–Trinajstić information content (AvgIpc) is 2.79. The predicted molar refractivity (Wildman–Crippen MR) is 156 cm³/mol. The Balaban J connectivity index is 3.18. The van der Waals surface area contributed by atoms with Gasteiger partial charge in [0.15, 0.2) is 8.32 Å². The van der Waals surface area contributed by atoms with Crippen molar-refractivity contribution >= 4 is 16.4 Å². The van der Waals surface area contributed by atoms with Crippen LogP contribution in [-0.4, -0.2) is 34.7 Å². The van der Waals surface area contributed by atoms with Gasteiger partial charge in [0.05, 0.1) is 18.3 Å². The number of rotatable bonds is 8. The summed E-state index contributed by atoms with van der Waals surface area (Å²) in [6.07, 6.45) is 15.8. The van der Waals surface area contributed by atoms with Gasteiger partial charge in [-0.25, -0.2) is 0 Å². The van der Waals surface area contributed by atoms with Crippen LogP contribution >= 0.6 is 0 Å². The predicted octanol–water partition coefficient (Wildman–Crippen LogP) is 9.22. The minimum absolute atomic E-state index is 0.0202. The maximum Gasteiger partial charge on any atom is 0.192 e. The normalized spacial score (nSPS) is 24.6. The monoisotopic (exact) mass is 502 g/mol. The van der Waals surface area contributed by atoms with Gasteiger partial charge >= 0.3 is 0 Å². The first-order valence-electron chi connectivity index (χ1n) is 13.5. The highest BCUT2D eigenvalue weighted by molar-refractivity contribution is 6.90. The third-order valence-corrected chi connectivity index (χ3v) is 18.9. The first-order valence-corrected chi connectivity index (χ1v) is 18.7. The Morgan fingerprint density at radius 1 is 1.03 bits per heavy atom.